The first-order valence-corrected chi connectivity index (χ1v) is 21.6. The van der Waals surface area contributed by atoms with Crippen LogP contribution in [0.3, 0.4) is 0 Å². The van der Waals surface area contributed by atoms with Gasteiger partial charge in [0.1, 0.15) is 28.7 Å². The third-order valence-electron chi connectivity index (χ3n) is 10.1. The highest BCUT2D eigenvalue weighted by Gasteiger charge is 2.30. The maximum absolute atomic E-state index is 12.9. The quantitative estimate of drug-likeness (QED) is 0.0340. The summed E-state index contributed by atoms with van der Waals surface area (Å²) in [5.74, 6) is -1.90. The molecule has 63 heavy (non-hydrogen) atoms. The zero-order valence-corrected chi connectivity index (χ0v) is 35.5. The van der Waals surface area contributed by atoms with Gasteiger partial charge in [0.25, 0.3) is 0 Å². The molecular weight excluding hydrogens is 814 g/mol. The minimum Gasteiger partial charge on any atom is -0.494 e. The summed E-state index contributed by atoms with van der Waals surface area (Å²) in [6.07, 6.45) is 13.6. The van der Waals surface area contributed by atoms with E-state index < -0.39 is 35.6 Å². The van der Waals surface area contributed by atoms with Crippen LogP contribution in [0.1, 0.15) is 144 Å². The third-order valence-corrected chi connectivity index (χ3v) is 10.1. The standard InChI is InChI=1S/C51H53F3O9/c1-2-3-4-5-6-7-8-9-10-11-12-13-14-15-35-59-42-27-19-37(20-28-42)47(55)60-43-29-23-39(24-30-43)49(57)63-46-18-16-17-40(36-46)50(58)62-44-31-21-38(22-32-44)48(56)61-45-33-25-41(26-34-45)51(52,53)54/h16-34,36H,2-15,35H2,1H3. The zero-order valence-electron chi connectivity index (χ0n) is 35.5. The fraction of sp³-hybridized carbons (Fsp3) is 0.333. The summed E-state index contributed by atoms with van der Waals surface area (Å²) in [7, 11) is 0. The second-order valence-electron chi connectivity index (χ2n) is 15.1. The summed E-state index contributed by atoms with van der Waals surface area (Å²) >= 11 is 0. The molecule has 9 nitrogen and oxygen atoms in total. The lowest BCUT2D eigenvalue weighted by molar-refractivity contribution is -0.137. The molecular formula is C51H53F3O9. The van der Waals surface area contributed by atoms with Gasteiger partial charge >= 0.3 is 30.1 Å². The Balaban J connectivity index is 0.983. The van der Waals surface area contributed by atoms with Crippen LogP contribution >= 0.6 is 0 Å². The van der Waals surface area contributed by atoms with Crippen LogP contribution in [0, 0.1) is 0 Å². The number of esters is 4. The van der Waals surface area contributed by atoms with E-state index in [-0.39, 0.29) is 39.7 Å². The number of benzene rings is 5. The molecule has 5 aromatic rings. The minimum absolute atomic E-state index is 0.0654. The van der Waals surface area contributed by atoms with E-state index in [0.717, 1.165) is 37.1 Å². The maximum Gasteiger partial charge on any atom is 0.416 e. The lowest BCUT2D eigenvalue weighted by Crippen LogP contribution is -2.12. The summed E-state index contributed by atoms with van der Waals surface area (Å²) in [5, 5.41) is 0. The molecule has 0 amide bonds. The maximum atomic E-state index is 12.9. The highest BCUT2D eigenvalue weighted by atomic mass is 19.4. The topological polar surface area (TPSA) is 114 Å². The molecule has 0 N–H and O–H groups in total. The predicted octanol–water partition coefficient (Wildman–Crippen LogP) is 13.4. The van der Waals surface area contributed by atoms with E-state index in [4.69, 9.17) is 23.7 Å². The molecule has 332 valence electrons. The Morgan fingerprint density at radius 3 is 1.16 bits per heavy atom. The number of rotatable bonds is 24. The number of hydrogen-bond acceptors (Lipinski definition) is 9. The molecule has 0 aliphatic carbocycles. The second-order valence-corrected chi connectivity index (χ2v) is 15.1. The molecule has 0 heterocycles. The molecule has 5 aromatic carbocycles. The SMILES string of the molecule is CCCCCCCCCCCCCCCCOc1ccc(C(=O)Oc2ccc(C(=O)Oc3cccc(C(=O)Oc4ccc(C(=O)Oc5ccc(C(F)(F)F)cc5)cc4)c3)cc2)cc1. The lowest BCUT2D eigenvalue weighted by Gasteiger charge is -2.09. The molecule has 0 radical (unpaired) electrons. The molecule has 0 bridgehead atoms. The number of halogens is 3. The molecule has 5 rings (SSSR count). The van der Waals surface area contributed by atoms with Crippen LogP contribution in [-0.2, 0) is 6.18 Å². The summed E-state index contributed by atoms with van der Waals surface area (Å²) in [4.78, 5) is 51.1. The van der Waals surface area contributed by atoms with E-state index in [1.807, 2.05) is 0 Å². The summed E-state index contributed by atoms with van der Waals surface area (Å²) < 4.78 is 65.8. The van der Waals surface area contributed by atoms with Crippen LogP contribution in [0.2, 0.25) is 0 Å². The molecule has 0 fully saturated rings. The van der Waals surface area contributed by atoms with Crippen molar-refractivity contribution in [2.45, 2.75) is 103 Å². The van der Waals surface area contributed by atoms with Gasteiger partial charge in [-0.1, -0.05) is 96.5 Å². The molecule has 0 aliphatic rings. The van der Waals surface area contributed by atoms with Crippen LogP contribution in [0.15, 0.2) is 121 Å². The van der Waals surface area contributed by atoms with Gasteiger partial charge in [0.05, 0.1) is 34.4 Å². The smallest absolute Gasteiger partial charge is 0.416 e. The van der Waals surface area contributed by atoms with E-state index in [2.05, 4.69) is 6.92 Å². The van der Waals surface area contributed by atoms with Crippen molar-refractivity contribution in [3.05, 3.63) is 149 Å². The van der Waals surface area contributed by atoms with Gasteiger partial charge in [-0.3, -0.25) is 0 Å². The van der Waals surface area contributed by atoms with Crippen molar-refractivity contribution in [1.82, 2.24) is 0 Å². The van der Waals surface area contributed by atoms with Crippen molar-refractivity contribution in [3.8, 4) is 28.7 Å². The highest BCUT2D eigenvalue weighted by molar-refractivity contribution is 5.94. The van der Waals surface area contributed by atoms with E-state index in [9.17, 15) is 32.3 Å². The first-order chi connectivity index (χ1) is 30.5. The predicted molar refractivity (Wildman–Crippen MR) is 233 cm³/mol. The van der Waals surface area contributed by atoms with Crippen molar-refractivity contribution in [3.63, 3.8) is 0 Å². The molecule has 0 aromatic heterocycles. The largest absolute Gasteiger partial charge is 0.494 e. The van der Waals surface area contributed by atoms with Gasteiger partial charge in [0.2, 0.25) is 0 Å². The van der Waals surface area contributed by atoms with Crippen LogP contribution in [0.5, 0.6) is 28.7 Å². The Bertz CT molecular complexity index is 2200. The number of carbonyl (C=O) groups is 4. The first-order valence-electron chi connectivity index (χ1n) is 21.6. The second kappa shape index (κ2) is 24.9. The highest BCUT2D eigenvalue weighted by Crippen LogP contribution is 2.30. The van der Waals surface area contributed by atoms with E-state index in [1.54, 1.807) is 24.3 Å². The fourth-order valence-electron chi connectivity index (χ4n) is 6.55. The van der Waals surface area contributed by atoms with Gasteiger partial charge < -0.3 is 23.7 Å². The molecule has 0 saturated heterocycles. The molecule has 0 spiro atoms. The van der Waals surface area contributed by atoms with Crippen LogP contribution in [0.4, 0.5) is 13.2 Å². The van der Waals surface area contributed by atoms with Crippen LogP contribution < -0.4 is 23.7 Å². The number of ether oxygens (including phenoxy) is 5. The Morgan fingerprint density at radius 1 is 0.397 bits per heavy atom. The van der Waals surface area contributed by atoms with Crippen molar-refractivity contribution in [1.29, 1.82) is 0 Å². The molecule has 0 unspecified atom stereocenters. The number of hydrogen-bond donors (Lipinski definition) is 0. The Kier molecular flexibility index (Phi) is 18.8. The molecule has 0 saturated carbocycles. The first kappa shape index (κ1) is 47.6. The van der Waals surface area contributed by atoms with Crippen molar-refractivity contribution < 1.29 is 56.0 Å². The Morgan fingerprint density at radius 2 is 0.746 bits per heavy atom. The van der Waals surface area contributed by atoms with E-state index >= 15 is 0 Å². The Hall–Kier alpha value is -6.43. The minimum atomic E-state index is -4.52. The molecule has 0 aliphatic heterocycles. The van der Waals surface area contributed by atoms with Crippen molar-refractivity contribution in [2.75, 3.05) is 6.61 Å². The molecule has 12 heteroatoms. The zero-order chi connectivity index (χ0) is 44.9. The normalized spacial score (nSPS) is 11.1. The number of carbonyl (C=O) groups excluding carboxylic acids is 4. The summed E-state index contributed by atoms with van der Waals surface area (Å²) in [6, 6.07) is 27.4. The van der Waals surface area contributed by atoms with Gasteiger partial charge in [-0.15, -0.1) is 0 Å². The summed E-state index contributed by atoms with van der Waals surface area (Å²) in [5.41, 5.74) is -0.233. The lowest BCUT2D eigenvalue weighted by atomic mass is 10.0. The van der Waals surface area contributed by atoms with Gasteiger partial charge in [0, 0.05) is 0 Å². The van der Waals surface area contributed by atoms with E-state index in [1.165, 1.54) is 150 Å². The molecule has 0 atom stereocenters. The Labute approximate surface area is 366 Å². The van der Waals surface area contributed by atoms with E-state index in [0.29, 0.717) is 17.9 Å². The van der Waals surface area contributed by atoms with Crippen LogP contribution in [-0.4, -0.2) is 30.5 Å². The van der Waals surface area contributed by atoms with Crippen molar-refractivity contribution in [2.24, 2.45) is 0 Å². The van der Waals surface area contributed by atoms with Gasteiger partial charge in [-0.2, -0.15) is 13.2 Å². The van der Waals surface area contributed by atoms with Gasteiger partial charge in [-0.05, 0) is 122 Å². The average molecular weight is 867 g/mol. The average Bonchev–Trinajstić information content (AvgIpc) is 3.28. The van der Waals surface area contributed by atoms with Gasteiger partial charge in [0.15, 0.2) is 0 Å². The number of unbranched alkanes of at least 4 members (excludes halogenated alkanes) is 13. The van der Waals surface area contributed by atoms with Crippen LogP contribution in [0.25, 0.3) is 0 Å². The summed E-state index contributed by atoms with van der Waals surface area (Å²) in [6.45, 7) is 2.88. The monoisotopic (exact) mass is 866 g/mol. The third kappa shape index (κ3) is 16.4. The van der Waals surface area contributed by atoms with Crippen molar-refractivity contribution >= 4 is 23.9 Å². The number of alkyl halides is 3. The fourth-order valence-corrected chi connectivity index (χ4v) is 6.55. The van der Waals surface area contributed by atoms with Gasteiger partial charge in [-0.25, -0.2) is 19.2 Å².